The van der Waals surface area contributed by atoms with Gasteiger partial charge in [0.1, 0.15) is 0 Å². The molecule has 3 nitrogen and oxygen atoms in total. The third-order valence-electron chi connectivity index (χ3n) is 3.52. The number of nitrogens with zero attached hydrogens (tertiary/aromatic N) is 1. The number of carbonyl (C=O) groups is 1. The Morgan fingerprint density at radius 3 is 2.68 bits per heavy atom. The molecule has 0 radical (unpaired) electrons. The second-order valence-corrected chi connectivity index (χ2v) is 4.90. The van der Waals surface area contributed by atoms with E-state index in [1.807, 2.05) is 36.4 Å². The summed E-state index contributed by atoms with van der Waals surface area (Å²) in [6.07, 6.45) is 2.70. The lowest BCUT2D eigenvalue weighted by molar-refractivity contribution is -0.122. The number of amides is 1. The number of benzene rings is 1. The number of carbonyl (C=O) groups excluding carboxylic acids is 1. The third kappa shape index (κ3) is 2.81. The lowest BCUT2D eigenvalue weighted by atomic mass is 10.1. The molecule has 1 heterocycles. The fraction of sp³-hybridized carbons (Fsp3) is 0.250. The first kappa shape index (κ1) is 11.9. The van der Waals surface area contributed by atoms with Gasteiger partial charge >= 0.3 is 0 Å². The van der Waals surface area contributed by atoms with Crippen LogP contribution >= 0.6 is 0 Å². The SMILES string of the molecule is O=C(NCc1ccccn1)[C@@H]1C[C@@H]1c1ccccc1. The molecule has 1 fully saturated rings. The van der Waals surface area contributed by atoms with Crippen LogP contribution in [0, 0.1) is 5.92 Å². The van der Waals surface area contributed by atoms with E-state index in [0.29, 0.717) is 12.5 Å². The average molecular weight is 252 g/mol. The molecule has 19 heavy (non-hydrogen) atoms. The van der Waals surface area contributed by atoms with Gasteiger partial charge in [0.25, 0.3) is 0 Å². The third-order valence-corrected chi connectivity index (χ3v) is 3.52. The van der Waals surface area contributed by atoms with Gasteiger partial charge in [-0.15, -0.1) is 0 Å². The Morgan fingerprint density at radius 2 is 1.95 bits per heavy atom. The van der Waals surface area contributed by atoms with Crippen molar-refractivity contribution in [2.45, 2.75) is 18.9 Å². The van der Waals surface area contributed by atoms with E-state index in [1.165, 1.54) is 5.56 Å². The first-order valence-corrected chi connectivity index (χ1v) is 6.57. The minimum atomic E-state index is 0.131. The maximum absolute atomic E-state index is 12.0. The number of rotatable bonds is 4. The zero-order valence-corrected chi connectivity index (χ0v) is 10.6. The molecule has 0 aliphatic heterocycles. The molecule has 1 N–H and O–H groups in total. The van der Waals surface area contributed by atoms with E-state index in [4.69, 9.17) is 0 Å². The van der Waals surface area contributed by atoms with E-state index in [-0.39, 0.29) is 11.8 Å². The molecule has 1 saturated carbocycles. The molecular weight excluding hydrogens is 236 g/mol. The van der Waals surface area contributed by atoms with E-state index < -0.39 is 0 Å². The monoisotopic (exact) mass is 252 g/mol. The average Bonchev–Trinajstić information content (AvgIpc) is 3.27. The standard InChI is InChI=1S/C16H16N2O/c19-16(18-11-13-8-4-5-9-17-13)15-10-14(15)12-6-2-1-3-7-12/h1-9,14-15H,10-11H2,(H,18,19)/t14-,15-/m1/s1. The van der Waals surface area contributed by atoms with E-state index in [2.05, 4.69) is 22.4 Å². The van der Waals surface area contributed by atoms with Crippen molar-refractivity contribution in [2.24, 2.45) is 5.92 Å². The van der Waals surface area contributed by atoms with Gasteiger partial charge in [-0.1, -0.05) is 36.4 Å². The maximum atomic E-state index is 12.0. The van der Waals surface area contributed by atoms with Crippen LogP contribution in [0.5, 0.6) is 0 Å². The van der Waals surface area contributed by atoms with Crippen LogP contribution in [0.2, 0.25) is 0 Å². The fourth-order valence-corrected chi connectivity index (χ4v) is 2.36. The molecule has 0 bridgehead atoms. The molecule has 2 aromatic rings. The molecule has 96 valence electrons. The molecule has 1 aliphatic rings. The second kappa shape index (κ2) is 5.22. The largest absolute Gasteiger partial charge is 0.350 e. The Bertz CT molecular complexity index is 553. The minimum Gasteiger partial charge on any atom is -0.350 e. The molecule has 0 saturated heterocycles. The van der Waals surface area contributed by atoms with Crippen LogP contribution in [0.1, 0.15) is 23.6 Å². The smallest absolute Gasteiger partial charge is 0.224 e. The quantitative estimate of drug-likeness (QED) is 0.908. The molecular formula is C16H16N2O. The van der Waals surface area contributed by atoms with E-state index in [0.717, 1.165) is 12.1 Å². The summed E-state index contributed by atoms with van der Waals surface area (Å²) in [5.74, 6) is 0.663. The summed E-state index contributed by atoms with van der Waals surface area (Å²) in [4.78, 5) is 16.2. The molecule has 0 unspecified atom stereocenters. The van der Waals surface area contributed by atoms with Gasteiger partial charge in [0.2, 0.25) is 5.91 Å². The van der Waals surface area contributed by atoms with Crippen molar-refractivity contribution in [3.8, 4) is 0 Å². The van der Waals surface area contributed by atoms with Crippen LogP contribution in [0.15, 0.2) is 54.7 Å². The second-order valence-electron chi connectivity index (χ2n) is 4.90. The Morgan fingerprint density at radius 1 is 1.16 bits per heavy atom. The normalized spacial score (nSPS) is 20.8. The number of nitrogens with one attached hydrogen (secondary N) is 1. The van der Waals surface area contributed by atoms with E-state index in [1.54, 1.807) is 6.20 Å². The summed E-state index contributed by atoms with van der Waals surface area (Å²) < 4.78 is 0. The van der Waals surface area contributed by atoms with Crippen LogP contribution in [0.25, 0.3) is 0 Å². The van der Waals surface area contributed by atoms with Crippen LogP contribution in [0.4, 0.5) is 0 Å². The molecule has 1 aliphatic carbocycles. The molecule has 0 spiro atoms. The van der Waals surface area contributed by atoms with Gasteiger partial charge in [0.05, 0.1) is 12.2 Å². The van der Waals surface area contributed by atoms with Gasteiger partial charge < -0.3 is 5.32 Å². The molecule has 1 amide bonds. The fourth-order valence-electron chi connectivity index (χ4n) is 2.36. The first-order chi connectivity index (χ1) is 9.34. The van der Waals surface area contributed by atoms with Crippen molar-refractivity contribution in [1.82, 2.24) is 10.3 Å². The van der Waals surface area contributed by atoms with Crippen LogP contribution < -0.4 is 5.32 Å². The van der Waals surface area contributed by atoms with Crippen LogP contribution in [0.3, 0.4) is 0 Å². The van der Waals surface area contributed by atoms with Gasteiger partial charge in [-0.3, -0.25) is 9.78 Å². The van der Waals surface area contributed by atoms with Gasteiger partial charge in [0, 0.05) is 12.1 Å². The van der Waals surface area contributed by atoms with E-state index >= 15 is 0 Å². The summed E-state index contributed by atoms with van der Waals surface area (Å²) in [5.41, 5.74) is 2.16. The van der Waals surface area contributed by atoms with Gasteiger partial charge in [-0.05, 0) is 30.0 Å². The topological polar surface area (TPSA) is 42.0 Å². The van der Waals surface area contributed by atoms with Crippen LogP contribution in [-0.4, -0.2) is 10.9 Å². The van der Waals surface area contributed by atoms with Crippen LogP contribution in [-0.2, 0) is 11.3 Å². The van der Waals surface area contributed by atoms with Gasteiger partial charge in [-0.2, -0.15) is 0 Å². The number of pyridine rings is 1. The van der Waals surface area contributed by atoms with Gasteiger partial charge in [0.15, 0.2) is 0 Å². The Hall–Kier alpha value is -2.16. The lowest BCUT2D eigenvalue weighted by Crippen LogP contribution is -2.25. The van der Waals surface area contributed by atoms with Crippen molar-refractivity contribution in [3.63, 3.8) is 0 Å². The summed E-state index contributed by atoms with van der Waals surface area (Å²) in [6, 6.07) is 16.0. The van der Waals surface area contributed by atoms with Gasteiger partial charge in [-0.25, -0.2) is 0 Å². The predicted molar refractivity (Wildman–Crippen MR) is 73.4 cm³/mol. The Kier molecular flexibility index (Phi) is 3.27. The highest BCUT2D eigenvalue weighted by Gasteiger charge is 2.43. The maximum Gasteiger partial charge on any atom is 0.224 e. The molecule has 3 heteroatoms. The zero-order chi connectivity index (χ0) is 13.1. The lowest BCUT2D eigenvalue weighted by Gasteiger charge is -2.04. The number of aromatic nitrogens is 1. The van der Waals surface area contributed by atoms with Crippen molar-refractivity contribution < 1.29 is 4.79 Å². The minimum absolute atomic E-state index is 0.131. The summed E-state index contributed by atoms with van der Waals surface area (Å²) in [7, 11) is 0. The highest BCUT2D eigenvalue weighted by atomic mass is 16.2. The highest BCUT2D eigenvalue weighted by molar-refractivity contribution is 5.82. The zero-order valence-electron chi connectivity index (χ0n) is 10.6. The van der Waals surface area contributed by atoms with Crippen molar-refractivity contribution in [3.05, 3.63) is 66.0 Å². The Labute approximate surface area is 112 Å². The first-order valence-electron chi connectivity index (χ1n) is 6.57. The summed E-state index contributed by atoms with van der Waals surface area (Å²) in [6.45, 7) is 0.512. The summed E-state index contributed by atoms with van der Waals surface area (Å²) in [5, 5.41) is 2.96. The molecule has 3 rings (SSSR count). The predicted octanol–water partition coefficient (Wildman–Crippen LogP) is 2.50. The molecule has 1 aromatic carbocycles. The number of hydrogen-bond acceptors (Lipinski definition) is 2. The molecule has 1 aromatic heterocycles. The number of hydrogen-bond donors (Lipinski definition) is 1. The van der Waals surface area contributed by atoms with Crippen molar-refractivity contribution in [2.75, 3.05) is 0 Å². The van der Waals surface area contributed by atoms with E-state index in [9.17, 15) is 4.79 Å². The van der Waals surface area contributed by atoms with Crippen molar-refractivity contribution in [1.29, 1.82) is 0 Å². The molecule has 2 atom stereocenters. The Balaban J connectivity index is 1.53. The highest BCUT2D eigenvalue weighted by Crippen LogP contribution is 2.47. The van der Waals surface area contributed by atoms with Crippen molar-refractivity contribution >= 4 is 5.91 Å². The summed E-state index contributed by atoms with van der Waals surface area (Å²) >= 11 is 0.